The molecule has 2 aromatic rings. The van der Waals surface area contributed by atoms with Crippen molar-refractivity contribution in [1.82, 2.24) is 19.6 Å². The van der Waals surface area contributed by atoms with Gasteiger partial charge in [0, 0.05) is 25.8 Å². The Morgan fingerprint density at radius 2 is 2.07 bits per heavy atom. The van der Waals surface area contributed by atoms with E-state index >= 15 is 0 Å². The highest BCUT2D eigenvalue weighted by Crippen LogP contribution is 2.25. The minimum Gasteiger partial charge on any atom is -0.494 e. The molecule has 1 saturated heterocycles. The number of aromatic nitrogens is 2. The summed E-state index contributed by atoms with van der Waals surface area (Å²) < 4.78 is 7.03. The van der Waals surface area contributed by atoms with Crippen LogP contribution in [0.4, 0.5) is 0 Å². The maximum absolute atomic E-state index is 12.9. The molecule has 1 aromatic heterocycles. The Hall–Kier alpha value is -2.38. The van der Waals surface area contributed by atoms with Gasteiger partial charge in [-0.2, -0.15) is 5.10 Å². The Balaban J connectivity index is 1.73. The van der Waals surface area contributed by atoms with Gasteiger partial charge in [-0.1, -0.05) is 12.1 Å². The molecule has 1 amide bonds. The Labute approximate surface area is 160 Å². The predicted octanol–water partition coefficient (Wildman–Crippen LogP) is 1.80. The van der Waals surface area contributed by atoms with Crippen molar-refractivity contribution < 1.29 is 14.6 Å². The summed E-state index contributed by atoms with van der Waals surface area (Å²) in [5.74, 6) is 0.647. The fourth-order valence-corrected chi connectivity index (χ4v) is 3.70. The normalized spacial score (nSPS) is 20.6. The fourth-order valence-electron chi connectivity index (χ4n) is 3.70. The zero-order chi connectivity index (χ0) is 19.4. The topological polar surface area (TPSA) is 70.8 Å². The molecule has 1 N–H and O–H groups in total. The summed E-state index contributed by atoms with van der Waals surface area (Å²) in [6.07, 6.45) is 5.40. The van der Waals surface area contributed by atoms with Crippen LogP contribution in [-0.2, 0) is 0 Å². The number of methoxy groups -OCH3 is 1. The van der Waals surface area contributed by atoms with Crippen LogP contribution >= 0.6 is 0 Å². The van der Waals surface area contributed by atoms with Crippen molar-refractivity contribution in [3.8, 4) is 11.4 Å². The van der Waals surface area contributed by atoms with Crippen LogP contribution in [-0.4, -0.2) is 77.0 Å². The van der Waals surface area contributed by atoms with Crippen molar-refractivity contribution in [2.45, 2.75) is 24.9 Å². The van der Waals surface area contributed by atoms with Crippen molar-refractivity contribution in [3.05, 3.63) is 42.2 Å². The largest absolute Gasteiger partial charge is 0.494 e. The average Bonchev–Trinajstić information content (AvgIpc) is 3.05. The van der Waals surface area contributed by atoms with E-state index < -0.39 is 5.60 Å². The van der Waals surface area contributed by atoms with Gasteiger partial charge in [-0.15, -0.1) is 0 Å². The van der Waals surface area contributed by atoms with Gasteiger partial charge in [0.25, 0.3) is 5.91 Å². The maximum atomic E-state index is 12.9. The van der Waals surface area contributed by atoms with Gasteiger partial charge in [0.2, 0.25) is 0 Å². The number of nitrogens with zero attached hydrogens (tertiary/aromatic N) is 4. The van der Waals surface area contributed by atoms with E-state index in [9.17, 15) is 9.90 Å². The molecule has 1 atom stereocenters. The first-order chi connectivity index (χ1) is 12.9. The minimum atomic E-state index is -0.736. The zero-order valence-electron chi connectivity index (χ0n) is 16.3. The van der Waals surface area contributed by atoms with Crippen LogP contribution in [0.2, 0.25) is 0 Å². The number of aliphatic hydroxyl groups is 1. The number of carbonyl (C=O) groups excluding carboxylic acids is 1. The second-order valence-electron chi connectivity index (χ2n) is 7.45. The summed E-state index contributed by atoms with van der Waals surface area (Å²) in [5.41, 5.74) is 0.592. The van der Waals surface area contributed by atoms with E-state index in [0.29, 0.717) is 43.8 Å². The molecule has 0 bridgehead atoms. The van der Waals surface area contributed by atoms with Crippen molar-refractivity contribution in [2.24, 2.45) is 0 Å². The molecule has 27 heavy (non-hydrogen) atoms. The Kier molecular flexibility index (Phi) is 5.82. The molecule has 7 nitrogen and oxygen atoms in total. The lowest BCUT2D eigenvalue weighted by Gasteiger charge is -2.29. The summed E-state index contributed by atoms with van der Waals surface area (Å²) in [7, 11) is 5.52. The summed E-state index contributed by atoms with van der Waals surface area (Å²) >= 11 is 0. The van der Waals surface area contributed by atoms with E-state index in [1.807, 2.05) is 48.2 Å². The number of likely N-dealkylation sites (N-methyl/N-ethyl adjacent to an activating group) is 1. The van der Waals surface area contributed by atoms with Crippen LogP contribution < -0.4 is 4.74 Å². The van der Waals surface area contributed by atoms with Crippen LogP contribution in [0.15, 0.2) is 36.7 Å². The first-order valence-corrected chi connectivity index (χ1v) is 9.26. The molecule has 7 heteroatoms. The minimum absolute atomic E-state index is 0.0507. The molecule has 0 aliphatic carbocycles. The van der Waals surface area contributed by atoms with Crippen molar-refractivity contribution >= 4 is 5.91 Å². The SMILES string of the molecule is COc1ccccc1-n1cc(C(=O)N2CCC[C@](O)(CN(C)C)CC2)cn1. The molecule has 0 saturated carbocycles. The Bertz CT molecular complexity index is 789. The third-order valence-corrected chi connectivity index (χ3v) is 4.98. The highest BCUT2D eigenvalue weighted by atomic mass is 16.5. The number of benzene rings is 1. The van der Waals surface area contributed by atoms with Gasteiger partial charge in [0.05, 0.1) is 24.5 Å². The second kappa shape index (κ2) is 8.10. The number of likely N-dealkylation sites (tertiary alicyclic amines) is 1. The lowest BCUT2D eigenvalue weighted by atomic mass is 9.94. The third kappa shape index (κ3) is 4.48. The molecule has 2 heterocycles. The summed E-state index contributed by atoms with van der Waals surface area (Å²) in [6, 6.07) is 7.55. The van der Waals surface area contributed by atoms with Gasteiger partial charge in [-0.25, -0.2) is 4.68 Å². The number of carbonyl (C=O) groups is 1. The quantitative estimate of drug-likeness (QED) is 0.867. The number of hydrogen-bond donors (Lipinski definition) is 1. The van der Waals surface area contributed by atoms with E-state index in [2.05, 4.69) is 5.10 Å². The molecule has 0 radical (unpaired) electrons. The number of amides is 1. The van der Waals surface area contributed by atoms with Crippen LogP contribution in [0.1, 0.15) is 29.6 Å². The first kappa shape index (κ1) is 19.4. The Morgan fingerprint density at radius 3 is 2.81 bits per heavy atom. The third-order valence-electron chi connectivity index (χ3n) is 4.98. The van der Waals surface area contributed by atoms with Crippen molar-refractivity contribution in [2.75, 3.05) is 40.8 Å². The molecule has 0 unspecified atom stereocenters. The van der Waals surface area contributed by atoms with Crippen molar-refractivity contribution in [3.63, 3.8) is 0 Å². The van der Waals surface area contributed by atoms with E-state index in [0.717, 1.165) is 12.1 Å². The van der Waals surface area contributed by atoms with E-state index in [1.54, 1.807) is 24.2 Å². The summed E-state index contributed by atoms with van der Waals surface area (Å²) in [6.45, 7) is 1.80. The van der Waals surface area contributed by atoms with Crippen LogP contribution in [0.3, 0.4) is 0 Å². The van der Waals surface area contributed by atoms with Gasteiger partial charge >= 0.3 is 0 Å². The number of hydrogen-bond acceptors (Lipinski definition) is 5. The molecular weight excluding hydrogens is 344 g/mol. The standard InChI is InChI=1S/C20H28N4O3/c1-22(2)15-20(26)9-6-11-23(12-10-20)19(25)16-13-21-24(14-16)17-7-4-5-8-18(17)27-3/h4-5,7-8,13-14,26H,6,9-12,15H2,1-3H3/t20-/m1/s1. The molecule has 1 aromatic carbocycles. The zero-order valence-corrected chi connectivity index (χ0v) is 16.3. The molecule has 0 spiro atoms. The lowest BCUT2D eigenvalue weighted by molar-refractivity contribution is 0.00305. The molecule has 1 aliphatic heterocycles. The van der Waals surface area contributed by atoms with Gasteiger partial charge in [-0.05, 0) is 45.5 Å². The molecule has 3 rings (SSSR count). The predicted molar refractivity (Wildman–Crippen MR) is 103 cm³/mol. The van der Waals surface area contributed by atoms with E-state index in [-0.39, 0.29) is 5.91 Å². The maximum Gasteiger partial charge on any atom is 0.257 e. The summed E-state index contributed by atoms with van der Waals surface area (Å²) in [5, 5.41) is 15.1. The highest BCUT2D eigenvalue weighted by Gasteiger charge is 2.32. The monoisotopic (exact) mass is 372 g/mol. The van der Waals surface area contributed by atoms with Gasteiger partial charge < -0.3 is 19.6 Å². The lowest BCUT2D eigenvalue weighted by Crippen LogP contribution is -2.41. The van der Waals surface area contributed by atoms with E-state index in [1.165, 1.54) is 0 Å². The number of ether oxygens (including phenoxy) is 1. The smallest absolute Gasteiger partial charge is 0.257 e. The molecule has 1 aliphatic rings. The molecule has 1 fully saturated rings. The van der Waals surface area contributed by atoms with Gasteiger partial charge in [-0.3, -0.25) is 4.79 Å². The number of rotatable bonds is 5. The average molecular weight is 372 g/mol. The van der Waals surface area contributed by atoms with E-state index in [4.69, 9.17) is 4.74 Å². The van der Waals surface area contributed by atoms with Gasteiger partial charge in [0.15, 0.2) is 0 Å². The number of para-hydroxylation sites is 2. The molecular formula is C20H28N4O3. The second-order valence-corrected chi connectivity index (χ2v) is 7.45. The van der Waals surface area contributed by atoms with Crippen LogP contribution in [0.25, 0.3) is 5.69 Å². The molecule has 146 valence electrons. The van der Waals surface area contributed by atoms with Crippen LogP contribution in [0.5, 0.6) is 5.75 Å². The first-order valence-electron chi connectivity index (χ1n) is 9.26. The summed E-state index contributed by atoms with van der Waals surface area (Å²) in [4.78, 5) is 16.7. The van der Waals surface area contributed by atoms with Crippen molar-refractivity contribution in [1.29, 1.82) is 0 Å². The fraction of sp³-hybridized carbons (Fsp3) is 0.500. The highest BCUT2D eigenvalue weighted by molar-refractivity contribution is 5.93. The Morgan fingerprint density at radius 1 is 1.30 bits per heavy atom. The van der Waals surface area contributed by atoms with Crippen LogP contribution in [0, 0.1) is 0 Å². The van der Waals surface area contributed by atoms with Gasteiger partial charge in [0.1, 0.15) is 11.4 Å².